The summed E-state index contributed by atoms with van der Waals surface area (Å²) in [6.45, 7) is 0. The molecule has 1 heterocycles. The number of hydrogen-bond donors (Lipinski definition) is 0. The molecule has 0 spiro atoms. The number of nitrogens with zero attached hydrogens (tertiary/aromatic N) is 3. The van der Waals surface area contributed by atoms with Crippen LogP contribution in [0.3, 0.4) is 0 Å². The van der Waals surface area contributed by atoms with Gasteiger partial charge in [-0.15, -0.1) is 0 Å². The van der Waals surface area contributed by atoms with Gasteiger partial charge in [-0.3, -0.25) is 0 Å². The van der Waals surface area contributed by atoms with E-state index in [2.05, 4.69) is 9.97 Å². The molecule has 51 valence electrons. The van der Waals surface area contributed by atoms with Crippen LogP contribution in [0.1, 0.15) is 0 Å². The van der Waals surface area contributed by atoms with Crippen LogP contribution < -0.4 is 8.61 Å². The number of aromatic nitrogens is 2. The van der Waals surface area contributed by atoms with Gasteiger partial charge in [-0.1, -0.05) is 0 Å². The van der Waals surface area contributed by atoms with Crippen molar-refractivity contribution in [3.8, 4) is 0 Å². The van der Waals surface area contributed by atoms with Crippen LogP contribution in [0, 0.1) is 0 Å². The first-order chi connectivity index (χ1) is 4.70. The van der Waals surface area contributed by atoms with E-state index in [4.69, 9.17) is 0 Å². The van der Waals surface area contributed by atoms with Crippen LogP contribution in [0.25, 0.3) is 0 Å². The predicted octanol–water partition coefficient (Wildman–Crippen LogP) is -0.664. The topological polar surface area (TPSA) is 29.0 Å². The Labute approximate surface area is 73.6 Å². The van der Waals surface area contributed by atoms with Crippen LogP contribution in [-0.2, 0) is 0 Å². The molecular weight excluding hydrogens is 233 g/mol. The Hall–Kier alpha value is -0.321. The monoisotopic (exact) mass is 242 g/mol. The zero-order valence-corrected chi connectivity index (χ0v) is 8.85. The zero-order valence-electron chi connectivity index (χ0n) is 6.00. The maximum absolute atomic E-state index is 4.16. The zero-order chi connectivity index (χ0) is 7.56. The standard InChI is InChI=1S/C6H8N3.Sn/c1-9(2)6-5-7-3-4-8-6;/h4-5H,1-2H3;. The number of anilines is 1. The van der Waals surface area contributed by atoms with Gasteiger partial charge >= 0.3 is 73.4 Å². The molecule has 0 bridgehead atoms. The Morgan fingerprint density at radius 1 is 1.30 bits per heavy atom. The van der Waals surface area contributed by atoms with Gasteiger partial charge in [-0.25, -0.2) is 0 Å². The van der Waals surface area contributed by atoms with Crippen LogP contribution in [0.15, 0.2) is 12.4 Å². The summed E-state index contributed by atoms with van der Waals surface area (Å²) in [5.74, 6) is 0.908. The van der Waals surface area contributed by atoms with Gasteiger partial charge in [-0.05, 0) is 0 Å². The molecular formula is C6H8N3Sn. The average molecular weight is 241 g/mol. The number of hydrogen-bond acceptors (Lipinski definition) is 3. The van der Waals surface area contributed by atoms with E-state index < -0.39 is 0 Å². The molecule has 0 amide bonds. The number of rotatable bonds is 1. The van der Waals surface area contributed by atoms with Crippen molar-refractivity contribution in [3.05, 3.63) is 12.4 Å². The molecule has 1 aromatic rings. The molecule has 0 saturated carbocycles. The molecule has 0 aliphatic carbocycles. The Morgan fingerprint density at radius 2 is 2.00 bits per heavy atom. The predicted molar refractivity (Wildman–Crippen MR) is 41.7 cm³/mol. The van der Waals surface area contributed by atoms with E-state index in [1.807, 2.05) is 19.0 Å². The molecule has 0 aromatic carbocycles. The second-order valence-electron chi connectivity index (χ2n) is 2.15. The van der Waals surface area contributed by atoms with Crippen LogP contribution in [0.4, 0.5) is 5.82 Å². The summed E-state index contributed by atoms with van der Waals surface area (Å²) in [6.07, 6.45) is 3.58. The molecule has 3 nitrogen and oxygen atoms in total. The molecule has 3 radical (unpaired) electrons. The fraction of sp³-hybridized carbons (Fsp3) is 0.333. The van der Waals surface area contributed by atoms with Crippen molar-refractivity contribution in [2.75, 3.05) is 19.0 Å². The molecule has 0 aliphatic rings. The van der Waals surface area contributed by atoms with Gasteiger partial charge in [0, 0.05) is 0 Å². The third-order valence-corrected chi connectivity index (χ3v) is 1.83. The normalized spacial score (nSPS) is 9.50. The van der Waals surface area contributed by atoms with Gasteiger partial charge in [0.15, 0.2) is 0 Å². The van der Waals surface area contributed by atoms with Crippen molar-refractivity contribution in [1.29, 1.82) is 0 Å². The van der Waals surface area contributed by atoms with E-state index in [-0.39, 0.29) is 0 Å². The van der Waals surface area contributed by atoms with Crippen LogP contribution >= 0.6 is 0 Å². The Morgan fingerprint density at radius 3 is 2.40 bits per heavy atom. The third kappa shape index (κ3) is 1.83. The van der Waals surface area contributed by atoms with E-state index in [1.54, 1.807) is 12.4 Å². The quantitative estimate of drug-likeness (QED) is 0.611. The summed E-state index contributed by atoms with van der Waals surface area (Å²) in [7, 11) is 3.90. The average Bonchev–Trinajstić information content (AvgIpc) is 1.88. The molecule has 0 saturated heterocycles. The van der Waals surface area contributed by atoms with Gasteiger partial charge in [0.05, 0.1) is 0 Å². The van der Waals surface area contributed by atoms with E-state index >= 15 is 0 Å². The summed E-state index contributed by atoms with van der Waals surface area (Å²) in [6, 6.07) is 0. The summed E-state index contributed by atoms with van der Waals surface area (Å²) in [5.41, 5.74) is 0. The fourth-order valence-corrected chi connectivity index (χ4v) is 0.921. The van der Waals surface area contributed by atoms with Gasteiger partial charge in [0.1, 0.15) is 0 Å². The van der Waals surface area contributed by atoms with Gasteiger partial charge in [0.2, 0.25) is 0 Å². The minimum atomic E-state index is 0.908. The Kier molecular flexibility index (Phi) is 2.48. The summed E-state index contributed by atoms with van der Waals surface area (Å²) in [5, 5.41) is 0. The second kappa shape index (κ2) is 3.18. The maximum atomic E-state index is 4.16. The molecule has 0 fully saturated rings. The molecule has 4 heteroatoms. The van der Waals surface area contributed by atoms with Gasteiger partial charge < -0.3 is 0 Å². The van der Waals surface area contributed by atoms with Gasteiger partial charge in [0.25, 0.3) is 0 Å². The Bertz CT molecular complexity index is 207. The molecule has 0 atom stereocenters. The van der Waals surface area contributed by atoms with Crippen molar-refractivity contribution in [1.82, 2.24) is 9.97 Å². The molecule has 1 rings (SSSR count). The SMILES string of the molecule is CN(C)c1cn[c]([Sn])cn1. The Balaban J connectivity index is 2.89. The second-order valence-corrected chi connectivity index (χ2v) is 3.62. The van der Waals surface area contributed by atoms with Crippen molar-refractivity contribution in [3.63, 3.8) is 0 Å². The van der Waals surface area contributed by atoms with E-state index in [0.29, 0.717) is 0 Å². The first-order valence-electron chi connectivity index (χ1n) is 2.91. The first kappa shape index (κ1) is 7.78. The molecule has 0 aliphatic heterocycles. The van der Waals surface area contributed by atoms with Crippen molar-refractivity contribution < 1.29 is 0 Å². The molecule has 0 N–H and O–H groups in total. The van der Waals surface area contributed by atoms with Crippen LogP contribution in [0.2, 0.25) is 0 Å². The van der Waals surface area contributed by atoms with Crippen molar-refractivity contribution in [2.45, 2.75) is 0 Å². The first-order valence-corrected chi connectivity index (χ1v) is 4.34. The summed E-state index contributed by atoms with van der Waals surface area (Å²) >= 11 is 1.31. The molecule has 0 unspecified atom stereocenters. The van der Waals surface area contributed by atoms with Crippen LogP contribution in [0.5, 0.6) is 0 Å². The van der Waals surface area contributed by atoms with E-state index in [9.17, 15) is 0 Å². The van der Waals surface area contributed by atoms with E-state index in [1.165, 1.54) is 22.5 Å². The van der Waals surface area contributed by atoms with Crippen molar-refractivity contribution >= 4 is 32.1 Å². The van der Waals surface area contributed by atoms with Gasteiger partial charge in [-0.2, -0.15) is 0 Å². The van der Waals surface area contributed by atoms with Crippen molar-refractivity contribution in [2.24, 2.45) is 0 Å². The van der Waals surface area contributed by atoms with Crippen LogP contribution in [-0.4, -0.2) is 46.6 Å². The summed E-state index contributed by atoms with van der Waals surface area (Å²) < 4.78 is 1.04. The molecule has 1 aromatic heterocycles. The summed E-state index contributed by atoms with van der Waals surface area (Å²) in [4.78, 5) is 10.2. The van der Waals surface area contributed by atoms with E-state index in [0.717, 1.165) is 9.53 Å². The fourth-order valence-electron chi connectivity index (χ4n) is 0.552. The molecule has 10 heavy (non-hydrogen) atoms. The third-order valence-electron chi connectivity index (χ3n) is 1.10. The minimum absolute atomic E-state index is 0.908.